The van der Waals surface area contributed by atoms with Crippen molar-refractivity contribution in [2.75, 3.05) is 0 Å². The van der Waals surface area contributed by atoms with Crippen LogP contribution in [0.25, 0.3) is 21.7 Å². The van der Waals surface area contributed by atoms with Crippen LogP contribution in [-0.4, -0.2) is 5.97 Å². The van der Waals surface area contributed by atoms with E-state index in [0.29, 0.717) is 16.4 Å². The molecule has 112 valence electrons. The molecule has 0 aliphatic heterocycles. The smallest absolute Gasteiger partial charge is 0.379 e. The minimum atomic E-state index is -0.534. The van der Waals surface area contributed by atoms with E-state index >= 15 is 0 Å². The number of esters is 1. The summed E-state index contributed by atoms with van der Waals surface area (Å²) < 4.78 is 11.0. The van der Waals surface area contributed by atoms with Crippen LogP contribution in [0.15, 0.2) is 71.1 Å². The predicted molar refractivity (Wildman–Crippen MR) is 90.1 cm³/mol. The van der Waals surface area contributed by atoms with E-state index in [1.54, 1.807) is 18.2 Å². The molecule has 23 heavy (non-hydrogen) atoms. The highest BCUT2D eigenvalue weighted by atomic mass is 35.5. The Morgan fingerprint density at radius 1 is 0.913 bits per heavy atom. The summed E-state index contributed by atoms with van der Waals surface area (Å²) >= 11 is 6.18. The van der Waals surface area contributed by atoms with E-state index in [1.165, 1.54) is 0 Å². The topological polar surface area (TPSA) is 39.4 Å². The summed E-state index contributed by atoms with van der Waals surface area (Å²) in [6, 6.07) is 20.0. The molecule has 0 aliphatic carbocycles. The molecule has 0 saturated carbocycles. The number of furan rings is 1. The Kier molecular flexibility index (Phi) is 3.28. The summed E-state index contributed by atoms with van der Waals surface area (Å²) in [6.45, 7) is 0. The van der Waals surface area contributed by atoms with E-state index in [1.807, 2.05) is 48.5 Å². The van der Waals surface area contributed by atoms with Crippen LogP contribution in [0.5, 0.6) is 5.75 Å². The lowest BCUT2D eigenvalue weighted by Gasteiger charge is -2.07. The molecule has 0 spiro atoms. The van der Waals surface area contributed by atoms with Gasteiger partial charge in [0.2, 0.25) is 5.76 Å². The Labute approximate surface area is 137 Å². The second kappa shape index (κ2) is 5.45. The SMILES string of the molecule is O=C(Oc1ccc(Cl)c2ccccc12)c1cc2ccccc2o1. The van der Waals surface area contributed by atoms with Crippen molar-refractivity contribution in [1.29, 1.82) is 0 Å². The molecule has 3 aromatic carbocycles. The zero-order valence-corrected chi connectivity index (χ0v) is 12.7. The van der Waals surface area contributed by atoms with E-state index < -0.39 is 5.97 Å². The molecule has 0 N–H and O–H groups in total. The highest BCUT2D eigenvalue weighted by molar-refractivity contribution is 6.35. The second-order valence-corrected chi connectivity index (χ2v) is 5.54. The molecule has 0 radical (unpaired) electrons. The van der Waals surface area contributed by atoms with Gasteiger partial charge in [0.25, 0.3) is 0 Å². The van der Waals surface area contributed by atoms with Gasteiger partial charge in [0.1, 0.15) is 11.3 Å². The number of rotatable bonds is 2. The van der Waals surface area contributed by atoms with Crippen molar-refractivity contribution >= 4 is 39.3 Å². The fraction of sp³-hybridized carbons (Fsp3) is 0. The van der Waals surface area contributed by atoms with Gasteiger partial charge in [-0.1, -0.05) is 54.1 Å². The first-order chi connectivity index (χ1) is 11.2. The number of ether oxygens (including phenoxy) is 1. The van der Waals surface area contributed by atoms with Crippen LogP contribution >= 0.6 is 11.6 Å². The first-order valence-electron chi connectivity index (χ1n) is 7.10. The van der Waals surface area contributed by atoms with Crippen LogP contribution in [0.3, 0.4) is 0 Å². The molecule has 0 bridgehead atoms. The lowest BCUT2D eigenvalue weighted by Crippen LogP contribution is -2.07. The quantitative estimate of drug-likeness (QED) is 0.363. The van der Waals surface area contributed by atoms with Gasteiger partial charge in [-0.25, -0.2) is 4.79 Å². The summed E-state index contributed by atoms with van der Waals surface area (Å²) in [5.41, 5.74) is 0.653. The summed E-state index contributed by atoms with van der Waals surface area (Å²) in [5, 5.41) is 3.10. The average Bonchev–Trinajstić information content (AvgIpc) is 3.02. The summed E-state index contributed by atoms with van der Waals surface area (Å²) in [7, 11) is 0. The van der Waals surface area contributed by atoms with Crippen LogP contribution in [0.4, 0.5) is 0 Å². The lowest BCUT2D eigenvalue weighted by atomic mass is 10.1. The molecule has 1 heterocycles. The van der Waals surface area contributed by atoms with E-state index in [4.69, 9.17) is 20.8 Å². The molecule has 0 aliphatic rings. The molecule has 3 nitrogen and oxygen atoms in total. The molecule has 0 saturated heterocycles. The van der Waals surface area contributed by atoms with Crippen molar-refractivity contribution in [2.45, 2.75) is 0 Å². The third-order valence-corrected chi connectivity index (χ3v) is 3.99. The Bertz CT molecular complexity index is 1000. The van der Waals surface area contributed by atoms with Crippen molar-refractivity contribution in [3.05, 3.63) is 77.5 Å². The average molecular weight is 323 g/mol. The van der Waals surface area contributed by atoms with Crippen LogP contribution in [0, 0.1) is 0 Å². The molecule has 0 fully saturated rings. The fourth-order valence-corrected chi connectivity index (χ4v) is 2.78. The molecule has 4 rings (SSSR count). The molecule has 0 amide bonds. The maximum atomic E-state index is 12.4. The monoisotopic (exact) mass is 322 g/mol. The summed E-state index contributed by atoms with van der Waals surface area (Å²) in [5.74, 6) is 0.0920. The number of hydrogen-bond donors (Lipinski definition) is 0. The first-order valence-corrected chi connectivity index (χ1v) is 7.48. The van der Waals surface area contributed by atoms with Gasteiger partial charge in [0.15, 0.2) is 0 Å². The number of carbonyl (C=O) groups is 1. The van der Waals surface area contributed by atoms with Crippen LogP contribution in [0.2, 0.25) is 5.02 Å². The Morgan fingerprint density at radius 2 is 1.65 bits per heavy atom. The fourth-order valence-electron chi connectivity index (χ4n) is 2.56. The summed E-state index contributed by atoms with van der Waals surface area (Å²) in [6.07, 6.45) is 0. The van der Waals surface area contributed by atoms with Gasteiger partial charge in [-0.2, -0.15) is 0 Å². The van der Waals surface area contributed by atoms with Crippen molar-refractivity contribution in [2.24, 2.45) is 0 Å². The number of hydrogen-bond acceptors (Lipinski definition) is 3. The third-order valence-electron chi connectivity index (χ3n) is 3.66. The number of halogens is 1. The minimum Gasteiger partial charge on any atom is -0.449 e. The van der Waals surface area contributed by atoms with E-state index in [9.17, 15) is 4.79 Å². The van der Waals surface area contributed by atoms with Crippen molar-refractivity contribution in [3.63, 3.8) is 0 Å². The molecule has 0 unspecified atom stereocenters. The van der Waals surface area contributed by atoms with Gasteiger partial charge in [0.05, 0.1) is 0 Å². The zero-order valence-electron chi connectivity index (χ0n) is 12.0. The zero-order chi connectivity index (χ0) is 15.8. The van der Waals surface area contributed by atoms with Crippen molar-refractivity contribution in [1.82, 2.24) is 0 Å². The van der Waals surface area contributed by atoms with E-state index in [-0.39, 0.29) is 5.76 Å². The first kappa shape index (κ1) is 13.9. The third kappa shape index (κ3) is 2.45. The van der Waals surface area contributed by atoms with Gasteiger partial charge < -0.3 is 9.15 Å². The van der Waals surface area contributed by atoms with Crippen LogP contribution in [-0.2, 0) is 0 Å². The van der Waals surface area contributed by atoms with Crippen LogP contribution in [0.1, 0.15) is 10.6 Å². The van der Waals surface area contributed by atoms with E-state index in [0.717, 1.165) is 16.2 Å². The number of fused-ring (bicyclic) bond motifs is 2. The molecule has 1 aromatic heterocycles. The van der Waals surface area contributed by atoms with Gasteiger partial charge >= 0.3 is 5.97 Å². The Balaban J connectivity index is 1.73. The molecule has 4 aromatic rings. The van der Waals surface area contributed by atoms with Gasteiger partial charge in [0, 0.05) is 21.2 Å². The Hall–Kier alpha value is -2.78. The maximum Gasteiger partial charge on any atom is 0.379 e. The van der Waals surface area contributed by atoms with Gasteiger partial charge in [-0.05, 0) is 24.3 Å². The maximum absolute atomic E-state index is 12.4. The highest BCUT2D eigenvalue weighted by Gasteiger charge is 2.16. The van der Waals surface area contributed by atoms with Gasteiger partial charge in [-0.15, -0.1) is 0 Å². The number of benzene rings is 3. The highest BCUT2D eigenvalue weighted by Crippen LogP contribution is 2.32. The molecular formula is C19H11ClO3. The largest absolute Gasteiger partial charge is 0.449 e. The number of carbonyl (C=O) groups excluding carboxylic acids is 1. The van der Waals surface area contributed by atoms with Crippen LogP contribution < -0.4 is 4.74 Å². The van der Waals surface area contributed by atoms with E-state index in [2.05, 4.69) is 0 Å². The van der Waals surface area contributed by atoms with Crippen molar-refractivity contribution < 1.29 is 13.9 Å². The molecule has 4 heteroatoms. The summed E-state index contributed by atoms with van der Waals surface area (Å²) in [4.78, 5) is 12.4. The number of para-hydroxylation sites is 1. The molecular weight excluding hydrogens is 312 g/mol. The predicted octanol–water partition coefficient (Wildman–Crippen LogP) is 5.46. The molecule has 0 atom stereocenters. The normalized spacial score (nSPS) is 11.0. The second-order valence-electron chi connectivity index (χ2n) is 5.13. The Morgan fingerprint density at radius 3 is 2.48 bits per heavy atom. The van der Waals surface area contributed by atoms with Gasteiger partial charge in [-0.3, -0.25) is 0 Å². The van der Waals surface area contributed by atoms with Crippen molar-refractivity contribution in [3.8, 4) is 5.75 Å². The standard InChI is InChI=1S/C19H11ClO3/c20-15-9-10-17(14-7-3-2-6-13(14)15)23-19(21)18-11-12-5-1-4-8-16(12)22-18/h1-11H. The lowest BCUT2D eigenvalue weighted by molar-refractivity contribution is 0.0706. The minimum absolute atomic E-state index is 0.172.